The van der Waals surface area contributed by atoms with E-state index in [9.17, 15) is 18.8 Å². The first-order valence-corrected chi connectivity index (χ1v) is 12.4. The lowest BCUT2D eigenvalue weighted by Gasteiger charge is -2.32. The van der Waals surface area contributed by atoms with Crippen molar-refractivity contribution in [1.82, 2.24) is 9.69 Å². The number of amides is 3. The molecule has 2 aromatic carbocycles. The van der Waals surface area contributed by atoms with Crippen molar-refractivity contribution in [1.29, 1.82) is 0 Å². The van der Waals surface area contributed by atoms with E-state index in [1.54, 1.807) is 18.2 Å². The number of aromatic nitrogens is 1. The second-order valence-corrected chi connectivity index (χ2v) is 9.69. The molecule has 0 aliphatic carbocycles. The van der Waals surface area contributed by atoms with Crippen LogP contribution in [0.1, 0.15) is 57.6 Å². The van der Waals surface area contributed by atoms with Gasteiger partial charge in [-0.1, -0.05) is 32.0 Å². The number of primary amides is 1. The zero-order valence-electron chi connectivity index (χ0n) is 21.1. The summed E-state index contributed by atoms with van der Waals surface area (Å²) in [7, 11) is 1.44. The molecule has 3 amide bonds. The molecule has 0 aliphatic heterocycles. The van der Waals surface area contributed by atoms with Crippen LogP contribution in [-0.2, 0) is 4.79 Å². The van der Waals surface area contributed by atoms with Gasteiger partial charge in [-0.05, 0) is 66.2 Å². The topological polar surface area (TPSA) is 141 Å². The Hall–Kier alpha value is -3.99. The lowest BCUT2D eigenvalue weighted by Crippen LogP contribution is -2.44. The molecular weight excluding hydrogens is 497 g/mol. The monoisotopic (exact) mass is 527 g/mol. The molecular formula is C26H30FN5O4S. The van der Waals surface area contributed by atoms with Crippen molar-refractivity contribution < 1.29 is 23.5 Å². The molecule has 0 radical (unpaired) electrons. The zero-order chi connectivity index (χ0) is 27.3. The van der Waals surface area contributed by atoms with Gasteiger partial charge < -0.3 is 21.5 Å². The van der Waals surface area contributed by atoms with Gasteiger partial charge in [0.1, 0.15) is 22.5 Å². The standard InChI is InChI=1S/C26H30FN5O4S/c1-14(2)11-12-30-25(34)22(16-6-8-17(27)9-7-16)32(18-13-15(3)5-10-19(18)36-4)26(35)23-20(28)21(24(29)33)31-37-23/h5-10,13-14,22H,11-12,28H2,1-4H3,(H2,29,33)(H,30,34)/t22-/m0/s1. The Bertz CT molecular complexity index is 1290. The van der Waals surface area contributed by atoms with Crippen LogP contribution < -0.4 is 26.4 Å². The number of hydrogen-bond acceptors (Lipinski definition) is 7. The van der Waals surface area contributed by atoms with E-state index < -0.39 is 29.6 Å². The van der Waals surface area contributed by atoms with E-state index in [0.717, 1.165) is 5.56 Å². The molecule has 0 unspecified atom stereocenters. The van der Waals surface area contributed by atoms with Crippen LogP contribution in [0.25, 0.3) is 0 Å². The third-order valence-corrected chi connectivity index (χ3v) is 6.53. The molecule has 37 heavy (non-hydrogen) atoms. The molecule has 3 aromatic rings. The predicted octanol–water partition coefficient (Wildman–Crippen LogP) is 3.83. The van der Waals surface area contributed by atoms with Gasteiger partial charge in [-0.15, -0.1) is 0 Å². The smallest absolute Gasteiger partial charge is 0.273 e. The maximum absolute atomic E-state index is 14.1. The van der Waals surface area contributed by atoms with Gasteiger partial charge in [0.15, 0.2) is 5.69 Å². The van der Waals surface area contributed by atoms with Gasteiger partial charge in [-0.25, -0.2) is 4.39 Å². The highest BCUT2D eigenvalue weighted by Crippen LogP contribution is 2.38. The Balaban J connectivity index is 2.24. The molecule has 1 aromatic heterocycles. The number of halogens is 1. The van der Waals surface area contributed by atoms with Gasteiger partial charge in [-0.2, -0.15) is 4.37 Å². The molecule has 11 heteroatoms. The molecule has 0 saturated heterocycles. The molecule has 3 rings (SSSR count). The molecule has 0 bridgehead atoms. The Morgan fingerprint density at radius 3 is 2.41 bits per heavy atom. The van der Waals surface area contributed by atoms with E-state index in [1.165, 1.54) is 36.3 Å². The van der Waals surface area contributed by atoms with E-state index in [1.807, 2.05) is 20.8 Å². The highest BCUT2D eigenvalue weighted by atomic mass is 32.1. The van der Waals surface area contributed by atoms with Gasteiger partial charge in [0.05, 0.1) is 18.5 Å². The van der Waals surface area contributed by atoms with Crippen molar-refractivity contribution in [3.05, 3.63) is 70.0 Å². The second-order valence-electron chi connectivity index (χ2n) is 8.92. The van der Waals surface area contributed by atoms with E-state index in [-0.39, 0.29) is 21.9 Å². The number of hydrogen-bond donors (Lipinski definition) is 3. The fourth-order valence-electron chi connectivity index (χ4n) is 3.74. The number of carbonyl (C=O) groups is 3. The minimum atomic E-state index is -1.23. The minimum absolute atomic E-state index is 0.0700. The number of benzene rings is 2. The van der Waals surface area contributed by atoms with Gasteiger partial charge in [-0.3, -0.25) is 19.3 Å². The van der Waals surface area contributed by atoms with Crippen molar-refractivity contribution in [3.8, 4) is 5.75 Å². The number of nitrogens with two attached hydrogens (primary N) is 2. The molecule has 9 nitrogen and oxygen atoms in total. The number of aryl methyl sites for hydroxylation is 1. The maximum Gasteiger partial charge on any atom is 0.273 e. The molecule has 1 atom stereocenters. The average molecular weight is 528 g/mol. The lowest BCUT2D eigenvalue weighted by atomic mass is 10.0. The van der Waals surface area contributed by atoms with E-state index in [2.05, 4.69) is 9.69 Å². The first-order chi connectivity index (χ1) is 17.5. The van der Waals surface area contributed by atoms with Crippen molar-refractivity contribution in [2.75, 3.05) is 24.3 Å². The van der Waals surface area contributed by atoms with E-state index in [4.69, 9.17) is 16.2 Å². The predicted molar refractivity (Wildman–Crippen MR) is 141 cm³/mol. The summed E-state index contributed by atoms with van der Waals surface area (Å²) in [6, 6.07) is 9.25. The third kappa shape index (κ3) is 6.23. The number of methoxy groups -OCH3 is 1. The van der Waals surface area contributed by atoms with Crippen LogP contribution in [0.2, 0.25) is 0 Å². The minimum Gasteiger partial charge on any atom is -0.495 e. The molecule has 1 heterocycles. The Labute approximate surface area is 218 Å². The van der Waals surface area contributed by atoms with Crippen molar-refractivity contribution in [2.24, 2.45) is 11.7 Å². The van der Waals surface area contributed by atoms with Crippen LogP contribution in [0, 0.1) is 18.7 Å². The van der Waals surface area contributed by atoms with Crippen LogP contribution in [0.15, 0.2) is 42.5 Å². The Kier molecular flexibility index (Phi) is 8.82. The Morgan fingerprint density at radius 2 is 1.84 bits per heavy atom. The van der Waals surface area contributed by atoms with Crippen LogP contribution >= 0.6 is 11.5 Å². The van der Waals surface area contributed by atoms with Crippen molar-refractivity contribution in [3.63, 3.8) is 0 Å². The summed E-state index contributed by atoms with van der Waals surface area (Å²) >= 11 is 0.702. The highest BCUT2D eigenvalue weighted by molar-refractivity contribution is 7.09. The number of rotatable bonds is 10. The highest BCUT2D eigenvalue weighted by Gasteiger charge is 2.37. The molecule has 0 saturated carbocycles. The number of nitrogens with one attached hydrogen (secondary N) is 1. The molecule has 196 valence electrons. The fourth-order valence-corrected chi connectivity index (χ4v) is 4.48. The van der Waals surface area contributed by atoms with Gasteiger partial charge in [0.25, 0.3) is 11.8 Å². The van der Waals surface area contributed by atoms with Gasteiger partial charge in [0, 0.05) is 6.54 Å². The summed E-state index contributed by atoms with van der Waals surface area (Å²) in [6.07, 6.45) is 0.716. The van der Waals surface area contributed by atoms with Crippen molar-refractivity contribution in [2.45, 2.75) is 33.2 Å². The normalized spacial score (nSPS) is 11.7. The van der Waals surface area contributed by atoms with Crippen molar-refractivity contribution >= 4 is 40.6 Å². The summed E-state index contributed by atoms with van der Waals surface area (Å²) in [5, 5.41) is 2.89. The SMILES string of the molecule is COc1ccc(C)cc1N(C(=O)c1snc(C(N)=O)c1N)[C@H](C(=O)NCCC(C)C)c1ccc(F)cc1. The summed E-state index contributed by atoms with van der Waals surface area (Å²) in [5.74, 6) is -1.90. The summed E-state index contributed by atoms with van der Waals surface area (Å²) in [4.78, 5) is 40.7. The summed E-state index contributed by atoms with van der Waals surface area (Å²) < 4.78 is 23.3. The molecule has 5 N–H and O–H groups in total. The number of ether oxygens (including phenoxy) is 1. The van der Waals surface area contributed by atoms with E-state index in [0.29, 0.717) is 41.7 Å². The molecule has 0 spiro atoms. The quantitative estimate of drug-likeness (QED) is 0.366. The third-order valence-electron chi connectivity index (χ3n) is 5.68. The molecule has 0 aliphatic rings. The van der Waals surface area contributed by atoms with Gasteiger partial charge >= 0.3 is 0 Å². The van der Waals surface area contributed by atoms with Crippen LogP contribution in [0.3, 0.4) is 0 Å². The number of anilines is 2. The first-order valence-electron chi connectivity index (χ1n) is 11.6. The second kappa shape index (κ2) is 11.8. The fraction of sp³-hybridized carbons (Fsp3) is 0.308. The summed E-state index contributed by atoms with van der Waals surface area (Å²) in [5.41, 5.74) is 12.5. The van der Waals surface area contributed by atoms with Crippen LogP contribution in [-0.4, -0.2) is 35.7 Å². The van der Waals surface area contributed by atoms with Crippen LogP contribution in [0.5, 0.6) is 5.75 Å². The zero-order valence-corrected chi connectivity index (χ0v) is 21.9. The maximum atomic E-state index is 14.1. The number of nitrogen functional groups attached to an aromatic ring is 1. The largest absolute Gasteiger partial charge is 0.495 e. The number of nitrogens with zero attached hydrogens (tertiary/aromatic N) is 2. The van der Waals surface area contributed by atoms with Crippen LogP contribution in [0.4, 0.5) is 15.8 Å². The average Bonchev–Trinajstić information content (AvgIpc) is 3.24. The molecule has 0 fully saturated rings. The first kappa shape index (κ1) is 27.6. The Morgan fingerprint density at radius 1 is 1.16 bits per heavy atom. The van der Waals surface area contributed by atoms with E-state index >= 15 is 0 Å². The lowest BCUT2D eigenvalue weighted by molar-refractivity contribution is -0.122. The summed E-state index contributed by atoms with van der Waals surface area (Å²) in [6.45, 7) is 6.25. The number of carbonyl (C=O) groups excluding carboxylic acids is 3. The van der Waals surface area contributed by atoms with Gasteiger partial charge in [0.2, 0.25) is 5.91 Å².